The number of imidazole rings is 1. The number of H-pyrrole nitrogens is 1. The number of nitrogens with two attached hydrogens (primary N) is 1. The van der Waals surface area contributed by atoms with Crippen LogP contribution >= 0.6 is 0 Å². The number of hydrogen-bond donors (Lipinski definition) is 2. The van der Waals surface area contributed by atoms with Crippen molar-refractivity contribution >= 4 is 0 Å². The van der Waals surface area contributed by atoms with Gasteiger partial charge < -0.3 is 10.7 Å². The third kappa shape index (κ3) is 1.43. The molecule has 0 aromatic carbocycles. The Kier molecular flexibility index (Phi) is 2.70. The van der Waals surface area contributed by atoms with Gasteiger partial charge in [0.25, 0.3) is 0 Å². The van der Waals surface area contributed by atoms with Gasteiger partial charge in [-0.3, -0.25) is 4.57 Å². The molecule has 0 spiro atoms. The van der Waals surface area contributed by atoms with Crippen molar-refractivity contribution in [3.8, 4) is 0 Å². The molecule has 1 heterocycles. The van der Waals surface area contributed by atoms with Crippen LogP contribution in [0.5, 0.6) is 0 Å². The van der Waals surface area contributed by atoms with Gasteiger partial charge in [-0.1, -0.05) is 6.92 Å². The van der Waals surface area contributed by atoms with E-state index >= 15 is 0 Å². The Morgan fingerprint density at radius 1 is 1.58 bits per heavy atom. The molecule has 0 aliphatic carbocycles. The van der Waals surface area contributed by atoms with Crippen molar-refractivity contribution in [2.24, 2.45) is 12.8 Å². The zero-order valence-electron chi connectivity index (χ0n) is 7.55. The van der Waals surface area contributed by atoms with E-state index in [1.54, 1.807) is 11.6 Å². The molecule has 0 unspecified atom stereocenters. The van der Waals surface area contributed by atoms with Crippen molar-refractivity contribution in [1.29, 1.82) is 0 Å². The van der Waals surface area contributed by atoms with Crippen LogP contribution in [0.4, 0.5) is 0 Å². The molecule has 12 heavy (non-hydrogen) atoms. The van der Waals surface area contributed by atoms with Crippen LogP contribution in [-0.2, 0) is 19.9 Å². The third-order valence-electron chi connectivity index (χ3n) is 2.05. The predicted molar refractivity (Wildman–Crippen MR) is 48.2 cm³/mol. The van der Waals surface area contributed by atoms with Gasteiger partial charge in [0.2, 0.25) is 0 Å². The molecule has 4 nitrogen and oxygen atoms in total. The van der Waals surface area contributed by atoms with Gasteiger partial charge in [0.1, 0.15) is 0 Å². The fraction of sp³-hybridized carbons (Fsp3) is 0.625. The summed E-state index contributed by atoms with van der Waals surface area (Å²) in [6.45, 7) is 2.60. The molecule has 0 aliphatic heterocycles. The van der Waals surface area contributed by atoms with Gasteiger partial charge in [0.05, 0.1) is 0 Å². The topological polar surface area (TPSA) is 63.8 Å². The molecule has 3 N–H and O–H groups in total. The molecular formula is C8H15N3O. The summed E-state index contributed by atoms with van der Waals surface area (Å²) in [5.74, 6) is 0. The quantitative estimate of drug-likeness (QED) is 0.657. The lowest BCUT2D eigenvalue weighted by molar-refractivity contribution is 0.772. The highest BCUT2D eigenvalue weighted by atomic mass is 16.1. The Balaban J connectivity index is 3.12. The number of rotatable bonds is 3. The Morgan fingerprint density at radius 3 is 2.75 bits per heavy atom. The first-order valence-electron chi connectivity index (χ1n) is 4.17. The first-order chi connectivity index (χ1) is 5.70. The highest BCUT2D eigenvalue weighted by Gasteiger charge is 2.07. The highest BCUT2D eigenvalue weighted by molar-refractivity contribution is 5.13. The molecule has 0 aliphatic rings. The molecule has 0 fully saturated rings. The predicted octanol–water partition coefficient (Wildman–Crippen LogP) is -0.223. The van der Waals surface area contributed by atoms with Crippen molar-refractivity contribution in [2.45, 2.75) is 19.8 Å². The van der Waals surface area contributed by atoms with Crippen molar-refractivity contribution in [2.75, 3.05) is 6.54 Å². The SMILES string of the molecule is CCc1[nH]c(=O)n(C)c1CCN. The Bertz CT molecular complexity index is 311. The van der Waals surface area contributed by atoms with Crippen LogP contribution in [-0.4, -0.2) is 16.1 Å². The molecular weight excluding hydrogens is 154 g/mol. The zero-order chi connectivity index (χ0) is 9.14. The van der Waals surface area contributed by atoms with Crippen LogP contribution in [0, 0.1) is 0 Å². The van der Waals surface area contributed by atoms with Gasteiger partial charge in [-0.2, -0.15) is 0 Å². The first kappa shape index (κ1) is 9.06. The Labute approximate surface area is 71.4 Å². The Morgan fingerprint density at radius 2 is 2.25 bits per heavy atom. The number of nitrogens with one attached hydrogen (secondary N) is 1. The molecule has 0 saturated heterocycles. The summed E-state index contributed by atoms with van der Waals surface area (Å²) in [6.07, 6.45) is 1.61. The molecule has 0 bridgehead atoms. The standard InChI is InChI=1S/C8H15N3O/c1-3-6-7(4-5-9)11(2)8(12)10-6/h3-5,9H2,1-2H3,(H,10,12). The van der Waals surface area contributed by atoms with Gasteiger partial charge in [-0.15, -0.1) is 0 Å². The lowest BCUT2D eigenvalue weighted by Gasteiger charge is -2.01. The molecule has 0 radical (unpaired) electrons. The largest absolute Gasteiger partial charge is 0.330 e. The second-order valence-electron chi connectivity index (χ2n) is 2.81. The van der Waals surface area contributed by atoms with E-state index in [0.717, 1.165) is 24.2 Å². The summed E-state index contributed by atoms with van der Waals surface area (Å²) < 4.78 is 1.63. The second-order valence-corrected chi connectivity index (χ2v) is 2.81. The average molecular weight is 169 g/mol. The van der Waals surface area contributed by atoms with E-state index in [0.29, 0.717) is 6.54 Å². The first-order valence-corrected chi connectivity index (χ1v) is 4.17. The summed E-state index contributed by atoms with van der Waals surface area (Å²) >= 11 is 0. The normalized spacial score (nSPS) is 10.6. The van der Waals surface area contributed by atoms with Crippen LogP contribution in [0.2, 0.25) is 0 Å². The summed E-state index contributed by atoms with van der Waals surface area (Å²) in [7, 11) is 1.77. The highest BCUT2D eigenvalue weighted by Crippen LogP contribution is 2.03. The minimum absolute atomic E-state index is 0.0460. The van der Waals surface area contributed by atoms with Crippen molar-refractivity contribution in [1.82, 2.24) is 9.55 Å². The zero-order valence-corrected chi connectivity index (χ0v) is 7.55. The molecule has 4 heteroatoms. The smallest absolute Gasteiger partial charge is 0.325 e. The average Bonchev–Trinajstić information content (AvgIpc) is 2.33. The molecule has 1 aromatic rings. The third-order valence-corrected chi connectivity index (χ3v) is 2.05. The van der Waals surface area contributed by atoms with E-state index in [4.69, 9.17) is 5.73 Å². The van der Waals surface area contributed by atoms with Crippen molar-refractivity contribution < 1.29 is 0 Å². The molecule has 0 atom stereocenters. The van der Waals surface area contributed by atoms with E-state index in [1.807, 2.05) is 6.92 Å². The van der Waals surface area contributed by atoms with Gasteiger partial charge in [-0.25, -0.2) is 4.79 Å². The summed E-state index contributed by atoms with van der Waals surface area (Å²) in [6, 6.07) is 0. The fourth-order valence-electron chi connectivity index (χ4n) is 1.36. The molecule has 1 aromatic heterocycles. The van der Waals surface area contributed by atoms with Crippen LogP contribution in [0.3, 0.4) is 0 Å². The number of aromatic nitrogens is 2. The van der Waals surface area contributed by atoms with Gasteiger partial charge in [-0.05, 0) is 13.0 Å². The second kappa shape index (κ2) is 3.58. The van der Waals surface area contributed by atoms with E-state index < -0.39 is 0 Å². The van der Waals surface area contributed by atoms with Gasteiger partial charge in [0.15, 0.2) is 0 Å². The van der Waals surface area contributed by atoms with Crippen molar-refractivity contribution in [3.63, 3.8) is 0 Å². The van der Waals surface area contributed by atoms with Crippen LogP contribution in [0.15, 0.2) is 4.79 Å². The van der Waals surface area contributed by atoms with Crippen molar-refractivity contribution in [3.05, 3.63) is 21.9 Å². The van der Waals surface area contributed by atoms with Crippen LogP contribution in [0.1, 0.15) is 18.3 Å². The van der Waals surface area contributed by atoms with E-state index in [9.17, 15) is 4.79 Å². The van der Waals surface area contributed by atoms with Gasteiger partial charge in [0, 0.05) is 24.9 Å². The summed E-state index contributed by atoms with van der Waals surface area (Å²) in [5, 5.41) is 0. The van der Waals surface area contributed by atoms with Crippen LogP contribution in [0.25, 0.3) is 0 Å². The molecule has 0 amide bonds. The van der Waals surface area contributed by atoms with E-state index in [2.05, 4.69) is 4.98 Å². The summed E-state index contributed by atoms with van der Waals surface area (Å²) in [5.41, 5.74) is 7.43. The number of aromatic amines is 1. The minimum atomic E-state index is -0.0460. The number of hydrogen-bond acceptors (Lipinski definition) is 2. The van der Waals surface area contributed by atoms with Crippen LogP contribution < -0.4 is 11.4 Å². The fourth-order valence-corrected chi connectivity index (χ4v) is 1.36. The number of nitrogens with zero attached hydrogens (tertiary/aromatic N) is 1. The Hall–Kier alpha value is -1.03. The maximum atomic E-state index is 11.2. The van der Waals surface area contributed by atoms with E-state index in [1.165, 1.54) is 0 Å². The molecule has 0 saturated carbocycles. The minimum Gasteiger partial charge on any atom is -0.330 e. The molecule has 68 valence electrons. The lowest BCUT2D eigenvalue weighted by atomic mass is 10.2. The van der Waals surface area contributed by atoms with E-state index in [-0.39, 0.29) is 5.69 Å². The monoisotopic (exact) mass is 169 g/mol. The number of aryl methyl sites for hydroxylation is 1. The maximum Gasteiger partial charge on any atom is 0.325 e. The van der Waals surface area contributed by atoms with Gasteiger partial charge >= 0.3 is 5.69 Å². The summed E-state index contributed by atoms with van der Waals surface area (Å²) in [4.78, 5) is 14.0. The maximum absolute atomic E-state index is 11.2. The molecule has 1 rings (SSSR count). The lowest BCUT2D eigenvalue weighted by Crippen LogP contribution is -2.16.